The Hall–Kier alpha value is -0.850. The predicted octanol–water partition coefficient (Wildman–Crippen LogP) is 3.55. The molecule has 2 N–H and O–H groups in total. The molecule has 3 rings (SSSR count). The van der Waals surface area contributed by atoms with Crippen molar-refractivity contribution in [2.24, 2.45) is 0 Å². The summed E-state index contributed by atoms with van der Waals surface area (Å²) in [6.07, 6.45) is 3.92. The third-order valence-corrected chi connectivity index (χ3v) is 5.79. The summed E-state index contributed by atoms with van der Waals surface area (Å²) in [4.78, 5) is 11.3. The van der Waals surface area contributed by atoms with Crippen molar-refractivity contribution >= 4 is 39.1 Å². The van der Waals surface area contributed by atoms with E-state index in [4.69, 9.17) is 10.5 Å². The zero-order chi connectivity index (χ0) is 14.1. The van der Waals surface area contributed by atoms with Crippen LogP contribution in [0.3, 0.4) is 0 Å². The average molecular weight is 309 g/mol. The molecule has 20 heavy (non-hydrogen) atoms. The van der Waals surface area contributed by atoms with Crippen LogP contribution in [-0.4, -0.2) is 28.4 Å². The molecule has 0 saturated carbocycles. The van der Waals surface area contributed by atoms with Crippen molar-refractivity contribution in [2.45, 2.75) is 44.4 Å². The summed E-state index contributed by atoms with van der Waals surface area (Å²) in [6, 6.07) is 0. The molecule has 1 fully saturated rings. The Morgan fingerprint density at radius 2 is 2.20 bits per heavy atom. The molecule has 2 aromatic heterocycles. The second kappa shape index (κ2) is 5.87. The van der Waals surface area contributed by atoms with Crippen LogP contribution < -0.4 is 5.73 Å². The normalized spacial score (nSPS) is 19.6. The summed E-state index contributed by atoms with van der Waals surface area (Å²) < 4.78 is 5.74. The number of aryl methyl sites for hydroxylation is 2. The number of hydrogen-bond acceptors (Lipinski definition) is 6. The van der Waals surface area contributed by atoms with Gasteiger partial charge in [0, 0.05) is 17.2 Å². The van der Waals surface area contributed by atoms with E-state index in [1.165, 1.54) is 23.3 Å². The van der Waals surface area contributed by atoms with Gasteiger partial charge in [-0.1, -0.05) is 11.8 Å². The molecule has 4 nitrogen and oxygen atoms in total. The second-order valence-electron chi connectivity index (χ2n) is 5.15. The average Bonchev–Trinajstić information content (AvgIpc) is 2.73. The van der Waals surface area contributed by atoms with E-state index < -0.39 is 0 Å². The highest BCUT2D eigenvalue weighted by Crippen LogP contribution is 2.33. The third-order valence-electron chi connectivity index (χ3n) is 3.71. The lowest BCUT2D eigenvalue weighted by atomic mass is 10.1. The van der Waals surface area contributed by atoms with Crippen LogP contribution in [0, 0.1) is 13.8 Å². The van der Waals surface area contributed by atoms with Gasteiger partial charge >= 0.3 is 0 Å². The molecule has 0 aromatic carbocycles. The highest BCUT2D eigenvalue weighted by atomic mass is 32.2. The number of rotatable bonds is 3. The fourth-order valence-electron chi connectivity index (χ4n) is 2.43. The van der Waals surface area contributed by atoms with Crippen molar-refractivity contribution in [2.75, 3.05) is 18.1 Å². The first-order valence-electron chi connectivity index (χ1n) is 6.93. The minimum atomic E-state index is 0.334. The molecule has 2 aromatic rings. The zero-order valence-electron chi connectivity index (χ0n) is 11.8. The van der Waals surface area contributed by atoms with Crippen LogP contribution >= 0.6 is 23.1 Å². The standard InChI is InChI=1S/C14H19N3OS2/c1-8-9(2)20-13-11(8)12(15)16-14(17-13)19-7-10-5-3-4-6-18-10/h10H,3-7H2,1-2H3,(H2,15,16,17). The number of nitrogen functional groups attached to an aromatic ring is 1. The summed E-state index contributed by atoms with van der Waals surface area (Å²) in [5.74, 6) is 1.51. The first-order valence-corrected chi connectivity index (χ1v) is 8.73. The molecule has 108 valence electrons. The van der Waals surface area contributed by atoms with Gasteiger partial charge in [-0.05, 0) is 38.7 Å². The van der Waals surface area contributed by atoms with Gasteiger partial charge < -0.3 is 10.5 Å². The first kappa shape index (κ1) is 14.1. The van der Waals surface area contributed by atoms with E-state index in [1.807, 2.05) is 0 Å². The Morgan fingerprint density at radius 1 is 1.35 bits per heavy atom. The van der Waals surface area contributed by atoms with E-state index in [-0.39, 0.29) is 0 Å². The monoisotopic (exact) mass is 309 g/mol. The number of anilines is 1. The lowest BCUT2D eigenvalue weighted by Gasteiger charge is -2.21. The van der Waals surface area contributed by atoms with Gasteiger partial charge in [-0.15, -0.1) is 11.3 Å². The lowest BCUT2D eigenvalue weighted by molar-refractivity contribution is 0.0315. The van der Waals surface area contributed by atoms with Gasteiger partial charge in [0.2, 0.25) is 0 Å². The van der Waals surface area contributed by atoms with E-state index in [9.17, 15) is 0 Å². The molecule has 6 heteroatoms. The second-order valence-corrected chi connectivity index (χ2v) is 7.34. The molecule has 0 spiro atoms. The quantitative estimate of drug-likeness (QED) is 0.694. The Bertz CT molecular complexity index is 620. The van der Waals surface area contributed by atoms with E-state index in [0.29, 0.717) is 11.9 Å². The highest BCUT2D eigenvalue weighted by Gasteiger charge is 2.17. The summed E-state index contributed by atoms with van der Waals surface area (Å²) >= 11 is 3.34. The molecule has 1 aliphatic heterocycles. The minimum absolute atomic E-state index is 0.334. The minimum Gasteiger partial charge on any atom is -0.383 e. The molecular formula is C14H19N3OS2. The number of fused-ring (bicyclic) bond motifs is 1. The van der Waals surface area contributed by atoms with Crippen molar-refractivity contribution in [1.29, 1.82) is 0 Å². The van der Waals surface area contributed by atoms with Crippen molar-refractivity contribution < 1.29 is 4.74 Å². The maximum absolute atomic E-state index is 6.09. The maximum Gasteiger partial charge on any atom is 0.190 e. The largest absolute Gasteiger partial charge is 0.383 e. The topological polar surface area (TPSA) is 61.0 Å². The van der Waals surface area contributed by atoms with E-state index >= 15 is 0 Å². The van der Waals surface area contributed by atoms with E-state index in [2.05, 4.69) is 23.8 Å². The third kappa shape index (κ3) is 2.77. The number of nitrogens with zero attached hydrogens (tertiary/aromatic N) is 2. The number of nitrogens with two attached hydrogens (primary N) is 1. The van der Waals surface area contributed by atoms with Crippen LogP contribution in [0.15, 0.2) is 5.16 Å². The van der Waals surface area contributed by atoms with Gasteiger partial charge in [-0.25, -0.2) is 9.97 Å². The molecule has 0 amide bonds. The number of ether oxygens (including phenoxy) is 1. The molecular weight excluding hydrogens is 290 g/mol. The molecule has 0 bridgehead atoms. The van der Waals surface area contributed by atoms with Crippen molar-refractivity contribution in [3.63, 3.8) is 0 Å². The van der Waals surface area contributed by atoms with E-state index in [1.54, 1.807) is 23.1 Å². The Kier molecular flexibility index (Phi) is 4.14. The maximum atomic E-state index is 6.09. The predicted molar refractivity (Wildman–Crippen MR) is 85.6 cm³/mol. The van der Waals surface area contributed by atoms with Crippen molar-refractivity contribution in [3.05, 3.63) is 10.4 Å². The molecule has 0 aliphatic carbocycles. The zero-order valence-corrected chi connectivity index (χ0v) is 13.4. The molecule has 1 unspecified atom stereocenters. The Balaban J connectivity index is 1.78. The summed E-state index contributed by atoms with van der Waals surface area (Å²) in [5, 5.41) is 1.79. The van der Waals surface area contributed by atoms with Gasteiger partial charge in [0.15, 0.2) is 5.16 Å². The van der Waals surface area contributed by atoms with Crippen LogP contribution in [0.1, 0.15) is 29.7 Å². The number of hydrogen-bond donors (Lipinski definition) is 1. The van der Waals surface area contributed by atoms with Crippen LogP contribution in [0.25, 0.3) is 10.2 Å². The lowest BCUT2D eigenvalue weighted by Crippen LogP contribution is -2.21. The van der Waals surface area contributed by atoms with Gasteiger partial charge in [0.25, 0.3) is 0 Å². The first-order chi connectivity index (χ1) is 9.65. The van der Waals surface area contributed by atoms with Crippen molar-refractivity contribution in [3.8, 4) is 0 Å². The highest BCUT2D eigenvalue weighted by molar-refractivity contribution is 7.99. The summed E-state index contributed by atoms with van der Waals surface area (Å²) in [6.45, 7) is 5.07. The van der Waals surface area contributed by atoms with Gasteiger partial charge in [-0.3, -0.25) is 0 Å². The van der Waals surface area contributed by atoms with E-state index in [0.717, 1.165) is 34.2 Å². The van der Waals surface area contributed by atoms with Crippen LogP contribution in [0.4, 0.5) is 5.82 Å². The van der Waals surface area contributed by atoms with Crippen LogP contribution in [0.2, 0.25) is 0 Å². The van der Waals surface area contributed by atoms with Gasteiger partial charge in [-0.2, -0.15) is 0 Å². The Morgan fingerprint density at radius 3 is 2.95 bits per heavy atom. The number of aromatic nitrogens is 2. The SMILES string of the molecule is Cc1sc2nc(SCC3CCCCO3)nc(N)c2c1C. The fraction of sp³-hybridized carbons (Fsp3) is 0.571. The smallest absolute Gasteiger partial charge is 0.190 e. The van der Waals surface area contributed by atoms with Gasteiger partial charge in [0.1, 0.15) is 10.6 Å². The summed E-state index contributed by atoms with van der Waals surface area (Å²) in [7, 11) is 0. The molecule has 1 aliphatic rings. The van der Waals surface area contributed by atoms with Crippen LogP contribution in [-0.2, 0) is 4.74 Å². The molecule has 1 atom stereocenters. The van der Waals surface area contributed by atoms with Crippen LogP contribution in [0.5, 0.6) is 0 Å². The van der Waals surface area contributed by atoms with Crippen molar-refractivity contribution in [1.82, 2.24) is 9.97 Å². The Labute approximate surface area is 127 Å². The number of thiophene rings is 1. The van der Waals surface area contributed by atoms with Gasteiger partial charge in [0.05, 0.1) is 11.5 Å². The number of thioether (sulfide) groups is 1. The fourth-order valence-corrected chi connectivity index (χ4v) is 4.44. The molecule has 3 heterocycles. The summed E-state index contributed by atoms with van der Waals surface area (Å²) in [5.41, 5.74) is 7.29. The molecule has 0 radical (unpaired) electrons. The molecule has 1 saturated heterocycles.